The highest BCUT2D eigenvalue weighted by Crippen LogP contribution is 2.29. The molecule has 0 aliphatic heterocycles. The normalized spacial score (nSPS) is 32.9. The summed E-state index contributed by atoms with van der Waals surface area (Å²) in [6.45, 7) is 2.33. The Balaban J connectivity index is 1.88. The third-order valence-electron chi connectivity index (χ3n) is 4.77. The van der Waals surface area contributed by atoms with E-state index in [0.29, 0.717) is 12.1 Å². The van der Waals surface area contributed by atoms with Gasteiger partial charge in [-0.25, -0.2) is 0 Å². The third-order valence-corrected chi connectivity index (χ3v) is 4.77. The van der Waals surface area contributed by atoms with E-state index in [1.807, 2.05) is 0 Å². The summed E-state index contributed by atoms with van der Waals surface area (Å²) in [5.74, 6) is 1.11. The molecule has 0 aromatic rings. The predicted molar refractivity (Wildman–Crippen MR) is 70.5 cm³/mol. The van der Waals surface area contributed by atoms with Crippen LogP contribution >= 0.6 is 0 Å². The highest BCUT2D eigenvalue weighted by molar-refractivity contribution is 4.95. The van der Waals surface area contributed by atoms with Gasteiger partial charge >= 0.3 is 0 Å². The molecule has 2 rings (SSSR count). The lowest BCUT2D eigenvalue weighted by Gasteiger charge is -2.28. The van der Waals surface area contributed by atoms with Crippen molar-refractivity contribution in [1.82, 2.24) is 5.32 Å². The maximum atomic E-state index is 9.27. The second kappa shape index (κ2) is 6.40. The molecule has 0 amide bonds. The number of rotatable bonds is 3. The Morgan fingerprint density at radius 3 is 2.35 bits per heavy atom. The van der Waals surface area contributed by atoms with Gasteiger partial charge in [-0.15, -0.1) is 0 Å². The molecule has 96 valence electrons. The first-order chi connectivity index (χ1) is 8.31. The van der Waals surface area contributed by atoms with Crippen LogP contribution in [-0.2, 0) is 0 Å². The Bertz CT molecular complexity index is 263. The van der Waals surface area contributed by atoms with Crippen LogP contribution < -0.4 is 5.32 Å². The molecule has 2 saturated carbocycles. The Kier molecular flexibility index (Phi) is 4.86. The van der Waals surface area contributed by atoms with Crippen molar-refractivity contribution in [3.05, 3.63) is 0 Å². The zero-order valence-corrected chi connectivity index (χ0v) is 11.1. The molecule has 3 atom stereocenters. The summed E-state index contributed by atoms with van der Waals surface area (Å²) in [6, 6.07) is 3.59. The first-order valence-electron chi connectivity index (χ1n) is 7.47. The molecule has 0 bridgehead atoms. The summed E-state index contributed by atoms with van der Waals surface area (Å²) >= 11 is 0. The van der Waals surface area contributed by atoms with Crippen molar-refractivity contribution in [3.63, 3.8) is 0 Å². The smallest absolute Gasteiger partial charge is 0.0672 e. The third kappa shape index (κ3) is 3.45. The number of hydrogen-bond acceptors (Lipinski definition) is 2. The van der Waals surface area contributed by atoms with Crippen LogP contribution in [0.4, 0.5) is 0 Å². The minimum absolute atomic E-state index is 0.251. The van der Waals surface area contributed by atoms with Gasteiger partial charge in [-0.1, -0.05) is 32.1 Å². The van der Waals surface area contributed by atoms with E-state index >= 15 is 0 Å². The Morgan fingerprint density at radius 1 is 1.00 bits per heavy atom. The number of nitriles is 1. The quantitative estimate of drug-likeness (QED) is 0.757. The molecule has 1 N–H and O–H groups in total. The fourth-order valence-electron chi connectivity index (χ4n) is 3.59. The molecule has 2 heteroatoms. The van der Waals surface area contributed by atoms with Crippen LogP contribution in [0.1, 0.15) is 64.7 Å². The molecule has 2 aliphatic carbocycles. The van der Waals surface area contributed by atoms with E-state index in [2.05, 4.69) is 18.3 Å². The number of nitrogens with zero attached hydrogens (tertiary/aromatic N) is 1. The molecular weight excluding hydrogens is 208 g/mol. The summed E-state index contributed by atoms with van der Waals surface area (Å²) in [5.41, 5.74) is 0. The van der Waals surface area contributed by atoms with Gasteiger partial charge in [0.15, 0.2) is 0 Å². The fraction of sp³-hybridized carbons (Fsp3) is 0.933. The van der Waals surface area contributed by atoms with Gasteiger partial charge in [-0.3, -0.25) is 0 Å². The molecule has 0 saturated heterocycles. The standard InChI is InChI=1S/C15H26N2/c1-12(13-7-5-6-8-13)17-15-10-4-2-3-9-14(15)11-16/h12-15,17H,2-10H2,1H3. The molecular formula is C15H26N2. The molecule has 0 aromatic heterocycles. The van der Waals surface area contributed by atoms with Crippen molar-refractivity contribution >= 4 is 0 Å². The van der Waals surface area contributed by atoms with E-state index in [9.17, 15) is 5.26 Å². The van der Waals surface area contributed by atoms with Crippen LogP contribution in [0.15, 0.2) is 0 Å². The van der Waals surface area contributed by atoms with E-state index in [1.165, 1.54) is 51.4 Å². The first-order valence-corrected chi connectivity index (χ1v) is 7.47. The average Bonchev–Trinajstić information content (AvgIpc) is 2.78. The lowest BCUT2D eigenvalue weighted by Crippen LogP contribution is -2.43. The van der Waals surface area contributed by atoms with E-state index < -0.39 is 0 Å². The maximum absolute atomic E-state index is 9.27. The van der Waals surface area contributed by atoms with Crippen molar-refractivity contribution in [2.75, 3.05) is 0 Å². The van der Waals surface area contributed by atoms with Gasteiger partial charge in [0, 0.05) is 12.1 Å². The fourth-order valence-corrected chi connectivity index (χ4v) is 3.59. The molecule has 3 unspecified atom stereocenters. The molecule has 0 aromatic carbocycles. The van der Waals surface area contributed by atoms with Gasteiger partial charge < -0.3 is 5.32 Å². The van der Waals surface area contributed by atoms with E-state index in [1.54, 1.807) is 0 Å². The minimum Gasteiger partial charge on any atom is -0.310 e. The summed E-state index contributed by atoms with van der Waals surface area (Å²) in [4.78, 5) is 0. The monoisotopic (exact) mass is 234 g/mol. The molecule has 0 radical (unpaired) electrons. The van der Waals surface area contributed by atoms with E-state index in [-0.39, 0.29) is 5.92 Å². The maximum Gasteiger partial charge on any atom is 0.0672 e. The number of hydrogen-bond donors (Lipinski definition) is 1. The molecule has 0 spiro atoms. The lowest BCUT2D eigenvalue weighted by atomic mass is 9.92. The van der Waals surface area contributed by atoms with Gasteiger partial charge in [0.2, 0.25) is 0 Å². The van der Waals surface area contributed by atoms with Crippen molar-refractivity contribution in [2.45, 2.75) is 76.8 Å². The highest BCUT2D eigenvalue weighted by atomic mass is 15.0. The van der Waals surface area contributed by atoms with Crippen molar-refractivity contribution < 1.29 is 0 Å². The van der Waals surface area contributed by atoms with Crippen LogP contribution in [0.3, 0.4) is 0 Å². The second-order valence-electron chi connectivity index (χ2n) is 5.98. The van der Waals surface area contributed by atoms with Crippen LogP contribution in [0.5, 0.6) is 0 Å². The van der Waals surface area contributed by atoms with Gasteiger partial charge in [-0.05, 0) is 38.5 Å². The number of nitrogens with one attached hydrogen (secondary N) is 1. The summed E-state index contributed by atoms with van der Waals surface area (Å²) < 4.78 is 0. The molecule has 0 heterocycles. The molecule has 2 aliphatic rings. The van der Waals surface area contributed by atoms with Crippen molar-refractivity contribution in [1.29, 1.82) is 5.26 Å². The Labute approximate surface area is 106 Å². The average molecular weight is 234 g/mol. The van der Waals surface area contributed by atoms with Crippen LogP contribution in [-0.4, -0.2) is 12.1 Å². The Hall–Kier alpha value is -0.550. The topological polar surface area (TPSA) is 35.8 Å². The molecule has 2 nitrogen and oxygen atoms in total. The summed E-state index contributed by atoms with van der Waals surface area (Å²) in [7, 11) is 0. The van der Waals surface area contributed by atoms with Crippen LogP contribution in [0.2, 0.25) is 0 Å². The second-order valence-corrected chi connectivity index (χ2v) is 5.98. The minimum atomic E-state index is 0.251. The predicted octanol–water partition coefficient (Wildman–Crippen LogP) is 3.63. The lowest BCUT2D eigenvalue weighted by molar-refractivity contribution is 0.297. The largest absolute Gasteiger partial charge is 0.310 e. The van der Waals surface area contributed by atoms with Crippen LogP contribution in [0.25, 0.3) is 0 Å². The summed E-state index contributed by atoms with van der Waals surface area (Å²) in [6.07, 6.45) is 11.7. The SMILES string of the molecule is CC(NC1CCCCCC1C#N)C1CCCC1. The molecule has 2 fully saturated rings. The zero-order valence-electron chi connectivity index (χ0n) is 11.1. The van der Waals surface area contributed by atoms with E-state index in [4.69, 9.17) is 0 Å². The van der Waals surface area contributed by atoms with Gasteiger partial charge in [0.1, 0.15) is 0 Å². The van der Waals surface area contributed by atoms with Gasteiger partial charge in [0.25, 0.3) is 0 Å². The van der Waals surface area contributed by atoms with Crippen molar-refractivity contribution in [3.8, 4) is 6.07 Å². The van der Waals surface area contributed by atoms with Crippen LogP contribution in [0, 0.1) is 23.2 Å². The Morgan fingerprint density at radius 2 is 1.65 bits per heavy atom. The van der Waals surface area contributed by atoms with Gasteiger partial charge in [-0.2, -0.15) is 5.26 Å². The zero-order chi connectivity index (χ0) is 12.1. The van der Waals surface area contributed by atoms with Crippen molar-refractivity contribution in [2.24, 2.45) is 11.8 Å². The summed E-state index contributed by atoms with van der Waals surface area (Å²) in [5, 5.41) is 13.1. The van der Waals surface area contributed by atoms with Gasteiger partial charge in [0.05, 0.1) is 12.0 Å². The highest BCUT2D eigenvalue weighted by Gasteiger charge is 2.28. The first kappa shape index (κ1) is 12.9. The van der Waals surface area contributed by atoms with E-state index in [0.717, 1.165) is 12.3 Å². The molecule has 17 heavy (non-hydrogen) atoms.